The van der Waals surface area contributed by atoms with Crippen molar-refractivity contribution in [1.82, 2.24) is 10.2 Å². The molecular weight excluding hydrogens is 396 g/mol. The molecule has 150 valence electrons. The lowest BCUT2D eigenvalue weighted by molar-refractivity contribution is 0.0526. The number of nitrogens with zero attached hydrogens (tertiary/aromatic N) is 2. The number of urea groups is 1. The smallest absolute Gasteiger partial charge is 0.338 e. The normalized spacial score (nSPS) is 10.3. The Balaban J connectivity index is 1.62. The van der Waals surface area contributed by atoms with Crippen LogP contribution in [0.5, 0.6) is 11.5 Å². The van der Waals surface area contributed by atoms with E-state index in [1.165, 1.54) is 13.2 Å². The summed E-state index contributed by atoms with van der Waals surface area (Å²) in [6.45, 7) is 2.02. The van der Waals surface area contributed by atoms with Crippen LogP contribution in [0.25, 0.3) is 10.6 Å². The molecule has 0 aliphatic rings. The molecule has 9 nitrogen and oxygen atoms in total. The lowest BCUT2D eigenvalue weighted by Gasteiger charge is -2.06. The molecule has 0 saturated heterocycles. The maximum absolute atomic E-state index is 12.2. The van der Waals surface area contributed by atoms with Gasteiger partial charge in [-0.3, -0.25) is 5.32 Å². The van der Waals surface area contributed by atoms with Gasteiger partial charge in [-0.15, -0.1) is 10.2 Å². The van der Waals surface area contributed by atoms with Gasteiger partial charge in [0.25, 0.3) is 0 Å². The molecule has 3 aromatic rings. The van der Waals surface area contributed by atoms with Gasteiger partial charge in [-0.1, -0.05) is 11.3 Å². The molecule has 0 aliphatic carbocycles. The highest BCUT2D eigenvalue weighted by molar-refractivity contribution is 7.18. The molecule has 0 spiro atoms. The number of benzene rings is 2. The Morgan fingerprint density at radius 1 is 1.10 bits per heavy atom. The van der Waals surface area contributed by atoms with Crippen molar-refractivity contribution in [3.05, 3.63) is 48.0 Å². The Morgan fingerprint density at radius 2 is 1.86 bits per heavy atom. The Kier molecular flexibility index (Phi) is 6.25. The highest BCUT2D eigenvalue weighted by atomic mass is 32.1. The highest BCUT2D eigenvalue weighted by Gasteiger charge is 2.14. The fourth-order valence-electron chi connectivity index (χ4n) is 2.37. The first-order valence-corrected chi connectivity index (χ1v) is 9.38. The first-order valence-electron chi connectivity index (χ1n) is 8.56. The predicted octanol–water partition coefficient (Wildman–Crippen LogP) is 3.74. The summed E-state index contributed by atoms with van der Waals surface area (Å²) in [5.41, 5.74) is 1.37. The van der Waals surface area contributed by atoms with Crippen LogP contribution in [0.15, 0.2) is 42.5 Å². The summed E-state index contributed by atoms with van der Waals surface area (Å²) in [5, 5.41) is 23.9. The van der Waals surface area contributed by atoms with E-state index in [9.17, 15) is 14.7 Å². The molecule has 3 rings (SSSR count). The molecule has 10 heteroatoms. The van der Waals surface area contributed by atoms with E-state index in [-0.39, 0.29) is 10.9 Å². The number of phenols is 1. The number of aromatic hydroxyl groups is 1. The number of hydrogen-bond donors (Lipinski definition) is 3. The van der Waals surface area contributed by atoms with E-state index in [0.717, 1.165) is 11.3 Å². The summed E-state index contributed by atoms with van der Waals surface area (Å²) in [7, 11) is 1.50. The fraction of sp³-hybridized carbons (Fsp3) is 0.158. The van der Waals surface area contributed by atoms with Gasteiger partial charge in [-0.05, 0) is 43.3 Å². The minimum absolute atomic E-state index is 0.00167. The van der Waals surface area contributed by atoms with Gasteiger partial charge in [-0.2, -0.15) is 0 Å². The first kappa shape index (κ1) is 20.1. The van der Waals surface area contributed by atoms with Crippen molar-refractivity contribution < 1.29 is 24.2 Å². The van der Waals surface area contributed by atoms with Gasteiger partial charge < -0.3 is 19.9 Å². The number of ether oxygens (including phenoxy) is 2. The Morgan fingerprint density at radius 3 is 2.52 bits per heavy atom. The first-order chi connectivity index (χ1) is 14.0. The van der Waals surface area contributed by atoms with Gasteiger partial charge >= 0.3 is 12.0 Å². The SMILES string of the molecule is CCOC(=O)c1ccc(NC(=O)Nc2nnc(-c3ccc(OC)cc3O)s2)cc1. The van der Waals surface area contributed by atoms with E-state index >= 15 is 0 Å². The number of amides is 2. The van der Waals surface area contributed by atoms with Crippen molar-refractivity contribution in [3.63, 3.8) is 0 Å². The summed E-state index contributed by atoms with van der Waals surface area (Å²) in [6.07, 6.45) is 0. The number of phenolic OH excluding ortho intramolecular Hbond substituents is 1. The Labute approximate surface area is 170 Å². The number of methoxy groups -OCH3 is 1. The van der Waals surface area contributed by atoms with Crippen LogP contribution in [0, 0.1) is 0 Å². The van der Waals surface area contributed by atoms with Crippen LogP contribution in [0.1, 0.15) is 17.3 Å². The molecule has 0 fully saturated rings. The summed E-state index contributed by atoms with van der Waals surface area (Å²) in [5.74, 6) is 0.0901. The number of anilines is 2. The molecule has 1 heterocycles. The largest absolute Gasteiger partial charge is 0.507 e. The van der Waals surface area contributed by atoms with Crippen LogP contribution in [-0.4, -0.2) is 41.0 Å². The molecule has 0 bridgehead atoms. The van der Waals surface area contributed by atoms with Gasteiger partial charge in [0.2, 0.25) is 5.13 Å². The molecule has 2 aromatic carbocycles. The lowest BCUT2D eigenvalue weighted by atomic mass is 10.2. The third-order valence-corrected chi connectivity index (χ3v) is 4.61. The summed E-state index contributed by atoms with van der Waals surface area (Å²) >= 11 is 1.11. The number of carbonyl (C=O) groups excluding carboxylic acids is 2. The second kappa shape index (κ2) is 9.02. The van der Waals surface area contributed by atoms with Gasteiger partial charge in [0.1, 0.15) is 11.5 Å². The summed E-state index contributed by atoms with van der Waals surface area (Å²) in [4.78, 5) is 23.8. The van der Waals surface area contributed by atoms with Crippen LogP contribution in [-0.2, 0) is 4.74 Å². The second-order valence-electron chi connectivity index (χ2n) is 5.67. The third-order valence-electron chi connectivity index (χ3n) is 3.73. The minimum atomic E-state index is -0.518. The third kappa shape index (κ3) is 4.99. The maximum Gasteiger partial charge on any atom is 0.338 e. The van der Waals surface area contributed by atoms with E-state index in [2.05, 4.69) is 20.8 Å². The van der Waals surface area contributed by atoms with E-state index in [1.54, 1.807) is 43.3 Å². The summed E-state index contributed by atoms with van der Waals surface area (Å²) < 4.78 is 9.96. The predicted molar refractivity (Wildman–Crippen MR) is 109 cm³/mol. The highest BCUT2D eigenvalue weighted by Crippen LogP contribution is 2.35. The topological polar surface area (TPSA) is 123 Å². The van der Waals surface area contributed by atoms with E-state index in [0.29, 0.717) is 34.2 Å². The van der Waals surface area contributed by atoms with Crippen molar-refractivity contribution in [2.24, 2.45) is 0 Å². The van der Waals surface area contributed by atoms with E-state index < -0.39 is 12.0 Å². The monoisotopic (exact) mass is 414 g/mol. The zero-order valence-corrected chi connectivity index (χ0v) is 16.4. The Hall–Kier alpha value is -3.66. The average molecular weight is 414 g/mol. The van der Waals surface area contributed by atoms with E-state index in [1.807, 2.05) is 0 Å². The van der Waals surface area contributed by atoms with Crippen LogP contribution in [0.3, 0.4) is 0 Å². The van der Waals surface area contributed by atoms with Crippen molar-refractivity contribution in [2.75, 3.05) is 24.4 Å². The van der Waals surface area contributed by atoms with Gasteiger partial charge in [-0.25, -0.2) is 9.59 Å². The molecular formula is C19H18N4O5S. The number of hydrogen-bond acceptors (Lipinski definition) is 8. The molecule has 0 atom stereocenters. The van der Waals surface area contributed by atoms with Crippen LogP contribution in [0.4, 0.5) is 15.6 Å². The molecule has 1 aromatic heterocycles. The average Bonchev–Trinajstić information content (AvgIpc) is 3.16. The molecule has 0 unspecified atom stereocenters. The van der Waals surface area contributed by atoms with Crippen molar-refractivity contribution >= 4 is 34.2 Å². The number of nitrogens with one attached hydrogen (secondary N) is 2. The number of carbonyl (C=O) groups is 2. The van der Waals surface area contributed by atoms with Crippen LogP contribution < -0.4 is 15.4 Å². The van der Waals surface area contributed by atoms with Crippen LogP contribution >= 0.6 is 11.3 Å². The van der Waals surface area contributed by atoms with Crippen molar-refractivity contribution in [3.8, 4) is 22.1 Å². The van der Waals surface area contributed by atoms with E-state index in [4.69, 9.17) is 9.47 Å². The zero-order valence-electron chi connectivity index (χ0n) is 15.6. The Bertz CT molecular complexity index is 1020. The van der Waals surface area contributed by atoms with Crippen molar-refractivity contribution in [2.45, 2.75) is 6.92 Å². The van der Waals surface area contributed by atoms with Crippen LogP contribution in [0.2, 0.25) is 0 Å². The standard InChI is InChI=1S/C19H18N4O5S/c1-3-28-17(25)11-4-6-12(7-5-11)20-18(26)21-19-23-22-16(29-19)14-9-8-13(27-2)10-15(14)24/h4-10,24H,3H2,1-2H3,(H2,20,21,23,26). The number of esters is 1. The molecule has 3 N–H and O–H groups in total. The van der Waals surface area contributed by atoms with Gasteiger partial charge in [0.05, 0.1) is 24.8 Å². The quantitative estimate of drug-likeness (QED) is 0.525. The number of rotatable bonds is 6. The molecule has 2 amide bonds. The fourth-order valence-corrected chi connectivity index (χ4v) is 3.14. The zero-order chi connectivity index (χ0) is 20.8. The molecule has 29 heavy (non-hydrogen) atoms. The van der Waals surface area contributed by atoms with Gasteiger partial charge in [0, 0.05) is 11.8 Å². The van der Waals surface area contributed by atoms with Crippen molar-refractivity contribution in [1.29, 1.82) is 0 Å². The minimum Gasteiger partial charge on any atom is -0.507 e. The maximum atomic E-state index is 12.2. The second-order valence-corrected chi connectivity index (χ2v) is 6.65. The number of aromatic nitrogens is 2. The van der Waals surface area contributed by atoms with Gasteiger partial charge in [0.15, 0.2) is 5.01 Å². The molecule has 0 radical (unpaired) electrons. The summed E-state index contributed by atoms with van der Waals surface area (Å²) in [6, 6.07) is 10.6. The molecule has 0 aliphatic heterocycles. The lowest BCUT2D eigenvalue weighted by Crippen LogP contribution is -2.19. The molecule has 0 saturated carbocycles.